The topological polar surface area (TPSA) is 72.7 Å². The van der Waals surface area contributed by atoms with Crippen molar-refractivity contribution in [3.05, 3.63) is 70.6 Å². The molecule has 9 heteroatoms. The molecule has 0 radical (unpaired) electrons. The molecule has 0 atom stereocenters. The van der Waals surface area contributed by atoms with Crippen molar-refractivity contribution in [2.75, 3.05) is 11.1 Å². The maximum absolute atomic E-state index is 12.2. The summed E-state index contributed by atoms with van der Waals surface area (Å²) in [7, 11) is 0. The first kappa shape index (κ1) is 18.9. The van der Waals surface area contributed by atoms with Gasteiger partial charge in [0.2, 0.25) is 5.91 Å². The van der Waals surface area contributed by atoms with Crippen LogP contribution in [0.2, 0.25) is 5.02 Å². The summed E-state index contributed by atoms with van der Waals surface area (Å²) >= 11 is 10.8. The number of benzene rings is 2. The van der Waals surface area contributed by atoms with Gasteiger partial charge in [-0.3, -0.25) is 4.79 Å². The maximum Gasteiger partial charge on any atom is 0.234 e. The van der Waals surface area contributed by atoms with Gasteiger partial charge in [0, 0.05) is 15.2 Å². The fourth-order valence-corrected chi connectivity index (χ4v) is 3.81. The number of halogens is 2. The van der Waals surface area contributed by atoms with E-state index in [1.165, 1.54) is 18.1 Å². The molecule has 0 fully saturated rings. The molecule has 2 aromatic heterocycles. The average Bonchev–Trinajstić information content (AvgIpc) is 3.13. The van der Waals surface area contributed by atoms with Crippen LogP contribution in [0.4, 0.5) is 5.69 Å². The summed E-state index contributed by atoms with van der Waals surface area (Å²) in [5.74, 6) is 0.117. The van der Waals surface area contributed by atoms with E-state index in [9.17, 15) is 4.79 Å². The summed E-state index contributed by atoms with van der Waals surface area (Å²) in [6, 6.07) is 14.8. The van der Waals surface area contributed by atoms with Gasteiger partial charge in [0.1, 0.15) is 11.4 Å². The van der Waals surface area contributed by atoms with Crippen LogP contribution < -0.4 is 5.32 Å². The molecule has 0 aliphatic carbocycles. The van der Waals surface area contributed by atoms with E-state index in [0.29, 0.717) is 15.7 Å². The molecule has 0 bridgehead atoms. The lowest BCUT2D eigenvalue weighted by molar-refractivity contribution is -0.113. The summed E-state index contributed by atoms with van der Waals surface area (Å²) in [5.41, 5.74) is 2.22. The highest BCUT2D eigenvalue weighted by molar-refractivity contribution is 9.10. The van der Waals surface area contributed by atoms with Crippen LogP contribution in [0.5, 0.6) is 0 Å². The lowest BCUT2D eigenvalue weighted by Gasteiger charge is -2.06. The van der Waals surface area contributed by atoms with Crippen molar-refractivity contribution in [2.24, 2.45) is 0 Å². The van der Waals surface area contributed by atoms with E-state index in [1.807, 2.05) is 42.5 Å². The molecule has 0 unspecified atom stereocenters. The van der Waals surface area contributed by atoms with Crippen LogP contribution >= 0.6 is 39.3 Å². The van der Waals surface area contributed by atoms with Crippen LogP contribution in [0.15, 0.2) is 70.6 Å². The number of nitrogens with zero attached hydrogens (tertiary/aromatic N) is 4. The van der Waals surface area contributed by atoms with Gasteiger partial charge in [0.25, 0.3) is 0 Å². The predicted octanol–water partition coefficient (Wildman–Crippen LogP) is 4.96. The summed E-state index contributed by atoms with van der Waals surface area (Å²) in [5, 5.41) is 9.37. The SMILES string of the molecule is O=C(CSc1ncnc2c1cnn2-c1cccc(Cl)c1)Nc1ccc(Br)cc1. The zero-order valence-electron chi connectivity index (χ0n) is 14.3. The second kappa shape index (κ2) is 8.30. The van der Waals surface area contributed by atoms with E-state index in [-0.39, 0.29) is 11.7 Å². The number of amides is 1. The van der Waals surface area contributed by atoms with Crippen LogP contribution in [0.3, 0.4) is 0 Å². The Hall–Kier alpha value is -2.42. The molecule has 0 spiro atoms. The van der Waals surface area contributed by atoms with Crippen LogP contribution in [0.25, 0.3) is 16.7 Å². The van der Waals surface area contributed by atoms with Crippen molar-refractivity contribution in [1.29, 1.82) is 0 Å². The largest absolute Gasteiger partial charge is 0.325 e. The molecular formula is C19H13BrClN5OS. The third-order valence-corrected chi connectivity index (χ3v) is 5.62. The van der Waals surface area contributed by atoms with Gasteiger partial charge in [0.15, 0.2) is 5.65 Å². The summed E-state index contributed by atoms with van der Waals surface area (Å²) in [4.78, 5) is 20.9. The standard InChI is InChI=1S/C19H13BrClN5OS/c20-12-4-6-14(7-5-12)25-17(27)10-28-19-16-9-24-26(18(16)22-11-23-19)15-3-1-2-13(21)8-15/h1-9,11H,10H2,(H,25,27). The third-order valence-electron chi connectivity index (χ3n) is 3.85. The summed E-state index contributed by atoms with van der Waals surface area (Å²) < 4.78 is 2.66. The molecule has 6 nitrogen and oxygen atoms in total. The van der Waals surface area contributed by atoms with Gasteiger partial charge in [-0.2, -0.15) is 5.10 Å². The lowest BCUT2D eigenvalue weighted by Crippen LogP contribution is -2.14. The van der Waals surface area contributed by atoms with Gasteiger partial charge in [-0.15, -0.1) is 0 Å². The van der Waals surface area contributed by atoms with Crippen molar-refractivity contribution < 1.29 is 4.79 Å². The zero-order chi connectivity index (χ0) is 19.5. The van der Waals surface area contributed by atoms with E-state index in [2.05, 4.69) is 36.3 Å². The first-order chi connectivity index (χ1) is 13.6. The Kier molecular flexibility index (Phi) is 5.61. The Balaban J connectivity index is 1.51. The van der Waals surface area contributed by atoms with E-state index in [1.54, 1.807) is 16.9 Å². The van der Waals surface area contributed by atoms with Gasteiger partial charge in [-0.05, 0) is 42.5 Å². The van der Waals surface area contributed by atoms with Gasteiger partial charge < -0.3 is 5.32 Å². The second-order valence-corrected chi connectivity index (χ2v) is 8.11. The molecule has 1 N–H and O–H groups in total. The number of fused-ring (bicyclic) bond motifs is 1. The van der Waals surface area contributed by atoms with Gasteiger partial charge in [-0.25, -0.2) is 14.6 Å². The minimum atomic E-state index is -0.110. The van der Waals surface area contributed by atoms with Crippen LogP contribution in [-0.4, -0.2) is 31.4 Å². The van der Waals surface area contributed by atoms with Crippen LogP contribution in [0.1, 0.15) is 0 Å². The minimum Gasteiger partial charge on any atom is -0.325 e. The maximum atomic E-state index is 12.2. The normalized spacial score (nSPS) is 10.9. The number of carbonyl (C=O) groups excluding carboxylic acids is 1. The Labute approximate surface area is 178 Å². The number of carbonyl (C=O) groups is 1. The Morgan fingerprint density at radius 2 is 2.00 bits per heavy atom. The highest BCUT2D eigenvalue weighted by Crippen LogP contribution is 2.26. The Bertz CT molecular complexity index is 1150. The number of aromatic nitrogens is 4. The first-order valence-corrected chi connectivity index (χ1v) is 10.4. The van der Waals surface area contributed by atoms with E-state index >= 15 is 0 Å². The number of rotatable bonds is 5. The Morgan fingerprint density at radius 3 is 2.79 bits per heavy atom. The van der Waals surface area contributed by atoms with E-state index in [0.717, 1.165) is 21.2 Å². The highest BCUT2D eigenvalue weighted by Gasteiger charge is 2.13. The van der Waals surface area contributed by atoms with Crippen molar-refractivity contribution >= 4 is 61.9 Å². The van der Waals surface area contributed by atoms with Crippen LogP contribution in [-0.2, 0) is 4.79 Å². The molecule has 0 saturated carbocycles. The Morgan fingerprint density at radius 1 is 1.18 bits per heavy atom. The minimum absolute atomic E-state index is 0.110. The van der Waals surface area contributed by atoms with Gasteiger partial charge in [-0.1, -0.05) is 45.4 Å². The van der Waals surface area contributed by atoms with Gasteiger partial charge >= 0.3 is 0 Å². The van der Waals surface area contributed by atoms with Crippen molar-refractivity contribution in [3.8, 4) is 5.69 Å². The average molecular weight is 475 g/mol. The molecule has 1 amide bonds. The molecule has 4 rings (SSSR count). The molecule has 140 valence electrons. The number of hydrogen-bond donors (Lipinski definition) is 1. The van der Waals surface area contributed by atoms with Crippen molar-refractivity contribution in [3.63, 3.8) is 0 Å². The fourth-order valence-electron chi connectivity index (χ4n) is 2.60. The van der Waals surface area contributed by atoms with Crippen molar-refractivity contribution in [2.45, 2.75) is 5.03 Å². The number of anilines is 1. The lowest BCUT2D eigenvalue weighted by atomic mass is 10.3. The van der Waals surface area contributed by atoms with Crippen molar-refractivity contribution in [1.82, 2.24) is 19.7 Å². The third kappa shape index (κ3) is 4.19. The highest BCUT2D eigenvalue weighted by atomic mass is 79.9. The first-order valence-electron chi connectivity index (χ1n) is 8.23. The molecule has 28 heavy (non-hydrogen) atoms. The molecule has 0 aliphatic heterocycles. The number of thioether (sulfide) groups is 1. The smallest absolute Gasteiger partial charge is 0.234 e. The molecule has 4 aromatic rings. The molecule has 0 aliphatic rings. The second-order valence-electron chi connectivity index (χ2n) is 5.80. The number of nitrogens with one attached hydrogen (secondary N) is 1. The van der Waals surface area contributed by atoms with E-state index in [4.69, 9.17) is 11.6 Å². The van der Waals surface area contributed by atoms with E-state index < -0.39 is 0 Å². The molecule has 0 saturated heterocycles. The predicted molar refractivity (Wildman–Crippen MR) is 115 cm³/mol. The quantitative estimate of drug-likeness (QED) is 0.327. The summed E-state index contributed by atoms with van der Waals surface area (Å²) in [6.45, 7) is 0. The molecular weight excluding hydrogens is 462 g/mol. The molecule has 2 aromatic carbocycles. The fraction of sp³-hybridized carbons (Fsp3) is 0.0526. The van der Waals surface area contributed by atoms with Gasteiger partial charge in [0.05, 0.1) is 23.0 Å². The summed E-state index contributed by atoms with van der Waals surface area (Å²) in [6.07, 6.45) is 3.17. The zero-order valence-corrected chi connectivity index (χ0v) is 17.5. The monoisotopic (exact) mass is 473 g/mol. The molecule has 2 heterocycles. The number of hydrogen-bond acceptors (Lipinski definition) is 5. The van der Waals surface area contributed by atoms with Crippen LogP contribution in [0, 0.1) is 0 Å².